The number of hydrogen-bond donors (Lipinski definition) is 0. The summed E-state index contributed by atoms with van der Waals surface area (Å²) in [5.41, 5.74) is 1.06. The van der Waals surface area contributed by atoms with E-state index in [-0.39, 0.29) is 12.1 Å². The predicted molar refractivity (Wildman–Crippen MR) is 202 cm³/mol. The third-order valence-corrected chi connectivity index (χ3v) is 15.1. The SMILES string of the molecule is CCCCCCCCCCCCCCCCCC(=O)O[C@H]1CC[C@@]2(C)C(CCC3[C@@H]4CC[C@H](C(C)CCCC(C)C)[C@@]4(C)CC[C@@H]32)C1. The normalized spacial score (nSPS) is 34.1. The van der Waals surface area contributed by atoms with Gasteiger partial charge in [-0.1, -0.05) is 151 Å². The molecule has 4 saturated carbocycles. The van der Waals surface area contributed by atoms with Crippen molar-refractivity contribution >= 4 is 5.97 Å². The Kier molecular flexibility index (Phi) is 16.5. The number of unbranched alkanes of at least 4 members (excludes halogenated alkanes) is 14. The molecule has 0 heterocycles. The zero-order valence-corrected chi connectivity index (χ0v) is 32.7. The first-order valence-electron chi connectivity index (χ1n) is 21.9. The molecule has 2 nitrogen and oxygen atoms in total. The fourth-order valence-electron chi connectivity index (χ4n) is 12.2. The Morgan fingerprint density at radius 1 is 0.638 bits per heavy atom. The van der Waals surface area contributed by atoms with Gasteiger partial charge in [0.2, 0.25) is 0 Å². The summed E-state index contributed by atoms with van der Waals surface area (Å²) in [6.45, 7) is 15.1. The highest BCUT2D eigenvalue weighted by molar-refractivity contribution is 5.69. The van der Waals surface area contributed by atoms with Crippen molar-refractivity contribution in [3.8, 4) is 0 Å². The van der Waals surface area contributed by atoms with Crippen LogP contribution in [-0.4, -0.2) is 12.1 Å². The molecular formula is C45H82O2. The van der Waals surface area contributed by atoms with Crippen LogP contribution in [0.15, 0.2) is 0 Å². The lowest BCUT2D eigenvalue weighted by Crippen LogP contribution is -2.54. The van der Waals surface area contributed by atoms with Crippen molar-refractivity contribution in [1.82, 2.24) is 0 Å². The smallest absolute Gasteiger partial charge is 0.306 e. The van der Waals surface area contributed by atoms with Crippen LogP contribution in [0.4, 0.5) is 0 Å². The van der Waals surface area contributed by atoms with Crippen molar-refractivity contribution in [3.63, 3.8) is 0 Å². The maximum Gasteiger partial charge on any atom is 0.306 e. The van der Waals surface area contributed by atoms with E-state index in [2.05, 4.69) is 41.5 Å². The zero-order valence-electron chi connectivity index (χ0n) is 32.7. The molecule has 0 aromatic rings. The fraction of sp³-hybridized carbons (Fsp3) is 0.978. The number of fused-ring (bicyclic) bond motifs is 5. The summed E-state index contributed by atoms with van der Waals surface area (Å²) >= 11 is 0. The van der Waals surface area contributed by atoms with Crippen molar-refractivity contribution < 1.29 is 9.53 Å². The number of rotatable bonds is 22. The Morgan fingerprint density at radius 3 is 1.83 bits per heavy atom. The molecule has 4 aliphatic rings. The molecule has 0 aromatic carbocycles. The molecule has 0 aliphatic heterocycles. The van der Waals surface area contributed by atoms with E-state index in [0.29, 0.717) is 17.3 Å². The lowest BCUT2D eigenvalue weighted by molar-refractivity contribution is -0.162. The summed E-state index contributed by atoms with van der Waals surface area (Å²) in [5.74, 6) is 6.36. The van der Waals surface area contributed by atoms with E-state index in [1.807, 2.05) is 0 Å². The molecule has 274 valence electrons. The standard InChI is InChI=1S/C45H82O2/c1-7-8-9-10-11-12-13-14-15-16-17-18-19-20-21-25-43(46)47-38-30-32-44(5)37(34-38)26-27-39-41-29-28-40(36(4)24-22-23-35(2)3)45(41,6)33-31-42(39)44/h35-42H,7-34H2,1-6H3/t36?,37?,38-,39?,40+,41-,42-,44-,45+/m0/s1. The molecular weight excluding hydrogens is 572 g/mol. The Hall–Kier alpha value is -0.530. The summed E-state index contributed by atoms with van der Waals surface area (Å²) in [5, 5.41) is 0. The predicted octanol–water partition coefficient (Wildman–Crippen LogP) is 14.3. The first kappa shape index (κ1) is 39.3. The third kappa shape index (κ3) is 11.0. The van der Waals surface area contributed by atoms with Gasteiger partial charge in [-0.15, -0.1) is 0 Å². The first-order chi connectivity index (χ1) is 22.7. The molecule has 4 fully saturated rings. The zero-order chi connectivity index (χ0) is 33.7. The van der Waals surface area contributed by atoms with Crippen molar-refractivity contribution in [3.05, 3.63) is 0 Å². The molecule has 4 rings (SSSR count). The summed E-state index contributed by atoms with van der Waals surface area (Å²) in [6, 6.07) is 0. The van der Waals surface area contributed by atoms with E-state index >= 15 is 0 Å². The number of carbonyl (C=O) groups is 1. The van der Waals surface area contributed by atoms with Crippen LogP contribution in [0.25, 0.3) is 0 Å². The molecule has 0 aromatic heterocycles. The summed E-state index contributed by atoms with van der Waals surface area (Å²) < 4.78 is 6.17. The molecule has 2 heteroatoms. The number of carbonyl (C=O) groups excluding carboxylic acids is 1. The van der Waals surface area contributed by atoms with Gasteiger partial charge in [0.15, 0.2) is 0 Å². The van der Waals surface area contributed by atoms with Crippen LogP contribution in [0.2, 0.25) is 0 Å². The van der Waals surface area contributed by atoms with E-state index in [1.165, 1.54) is 154 Å². The molecule has 0 N–H and O–H groups in total. The number of hydrogen-bond acceptors (Lipinski definition) is 2. The second-order valence-corrected chi connectivity index (χ2v) is 18.8. The molecule has 47 heavy (non-hydrogen) atoms. The van der Waals surface area contributed by atoms with Crippen molar-refractivity contribution in [1.29, 1.82) is 0 Å². The van der Waals surface area contributed by atoms with E-state index < -0.39 is 0 Å². The Bertz CT molecular complexity index is 879. The monoisotopic (exact) mass is 655 g/mol. The van der Waals surface area contributed by atoms with Crippen LogP contribution in [0, 0.1) is 52.3 Å². The molecule has 0 saturated heterocycles. The molecule has 9 atom stereocenters. The maximum absolute atomic E-state index is 12.8. The van der Waals surface area contributed by atoms with Crippen LogP contribution >= 0.6 is 0 Å². The maximum atomic E-state index is 12.8. The van der Waals surface area contributed by atoms with Crippen molar-refractivity contribution in [2.45, 2.75) is 227 Å². The van der Waals surface area contributed by atoms with Gasteiger partial charge >= 0.3 is 5.97 Å². The molecule has 3 unspecified atom stereocenters. The highest BCUT2D eigenvalue weighted by Crippen LogP contribution is 2.68. The van der Waals surface area contributed by atoms with E-state index in [4.69, 9.17) is 4.74 Å². The largest absolute Gasteiger partial charge is 0.462 e. The van der Waals surface area contributed by atoms with Gasteiger partial charge in [0.25, 0.3) is 0 Å². The average Bonchev–Trinajstić information content (AvgIpc) is 3.40. The summed E-state index contributed by atoms with van der Waals surface area (Å²) in [4.78, 5) is 12.8. The molecule has 0 radical (unpaired) electrons. The van der Waals surface area contributed by atoms with Gasteiger partial charge in [0.1, 0.15) is 6.10 Å². The molecule has 0 spiro atoms. The Labute approximate surface area is 294 Å². The van der Waals surface area contributed by atoms with Crippen LogP contribution in [0.3, 0.4) is 0 Å². The second kappa shape index (κ2) is 19.8. The van der Waals surface area contributed by atoms with Crippen LogP contribution in [0.5, 0.6) is 0 Å². The highest BCUT2D eigenvalue weighted by atomic mass is 16.5. The fourth-order valence-corrected chi connectivity index (χ4v) is 12.2. The van der Waals surface area contributed by atoms with Gasteiger partial charge in [-0.25, -0.2) is 0 Å². The van der Waals surface area contributed by atoms with Gasteiger partial charge in [-0.05, 0) is 116 Å². The van der Waals surface area contributed by atoms with Crippen molar-refractivity contribution in [2.24, 2.45) is 52.3 Å². The Balaban J connectivity index is 1.08. The van der Waals surface area contributed by atoms with Gasteiger partial charge in [-0.3, -0.25) is 4.79 Å². The minimum absolute atomic E-state index is 0.0925. The molecule has 0 bridgehead atoms. The number of esters is 1. The van der Waals surface area contributed by atoms with Gasteiger partial charge < -0.3 is 4.74 Å². The molecule has 0 amide bonds. The number of ether oxygens (including phenoxy) is 1. The summed E-state index contributed by atoms with van der Waals surface area (Å²) in [6.07, 6.45) is 37.8. The van der Waals surface area contributed by atoms with Crippen molar-refractivity contribution in [2.75, 3.05) is 0 Å². The van der Waals surface area contributed by atoms with Crippen LogP contribution < -0.4 is 0 Å². The Morgan fingerprint density at radius 2 is 1.21 bits per heavy atom. The molecule has 4 aliphatic carbocycles. The van der Waals surface area contributed by atoms with E-state index in [0.717, 1.165) is 60.7 Å². The average molecular weight is 655 g/mol. The first-order valence-corrected chi connectivity index (χ1v) is 21.9. The lowest BCUT2D eigenvalue weighted by atomic mass is 9.44. The quantitative estimate of drug-likeness (QED) is 0.0857. The van der Waals surface area contributed by atoms with Gasteiger partial charge in [-0.2, -0.15) is 0 Å². The second-order valence-electron chi connectivity index (χ2n) is 18.8. The third-order valence-electron chi connectivity index (χ3n) is 15.1. The topological polar surface area (TPSA) is 26.3 Å². The highest BCUT2D eigenvalue weighted by Gasteiger charge is 2.60. The van der Waals surface area contributed by atoms with Gasteiger partial charge in [0, 0.05) is 6.42 Å². The van der Waals surface area contributed by atoms with E-state index in [1.54, 1.807) is 0 Å². The van der Waals surface area contributed by atoms with Crippen LogP contribution in [0.1, 0.15) is 221 Å². The lowest BCUT2D eigenvalue weighted by Gasteiger charge is -2.61. The minimum Gasteiger partial charge on any atom is -0.462 e. The van der Waals surface area contributed by atoms with Gasteiger partial charge in [0.05, 0.1) is 0 Å². The van der Waals surface area contributed by atoms with E-state index in [9.17, 15) is 4.79 Å². The summed E-state index contributed by atoms with van der Waals surface area (Å²) in [7, 11) is 0. The minimum atomic E-state index is 0.0925. The van der Waals surface area contributed by atoms with Crippen LogP contribution in [-0.2, 0) is 9.53 Å².